The van der Waals surface area contributed by atoms with Crippen LogP contribution in [0.3, 0.4) is 0 Å². The van der Waals surface area contributed by atoms with Gasteiger partial charge in [-0.05, 0) is 32.3 Å². The van der Waals surface area contributed by atoms with Crippen molar-refractivity contribution >= 4 is 11.9 Å². The summed E-state index contributed by atoms with van der Waals surface area (Å²) < 4.78 is 0. The molecule has 0 saturated carbocycles. The van der Waals surface area contributed by atoms with Crippen molar-refractivity contribution in [3.8, 4) is 0 Å². The number of nitrogens with one attached hydrogen (secondary N) is 1. The van der Waals surface area contributed by atoms with Gasteiger partial charge in [0.05, 0.1) is 0 Å². The molecule has 1 aromatic rings. The fourth-order valence-electron chi connectivity index (χ4n) is 1.82. The first-order chi connectivity index (χ1) is 8.89. The van der Waals surface area contributed by atoms with Crippen LogP contribution < -0.4 is 5.32 Å². The van der Waals surface area contributed by atoms with Crippen molar-refractivity contribution in [1.29, 1.82) is 0 Å². The molecule has 4 nitrogen and oxygen atoms in total. The van der Waals surface area contributed by atoms with Gasteiger partial charge in [0, 0.05) is 18.4 Å². The maximum absolute atomic E-state index is 11.8. The van der Waals surface area contributed by atoms with Crippen LogP contribution in [-0.4, -0.2) is 22.5 Å². The lowest BCUT2D eigenvalue weighted by atomic mass is 9.98. The molecule has 0 radical (unpaired) electrons. The van der Waals surface area contributed by atoms with Gasteiger partial charge in [-0.15, -0.1) is 0 Å². The summed E-state index contributed by atoms with van der Waals surface area (Å²) in [5, 5.41) is 11.5. The van der Waals surface area contributed by atoms with Gasteiger partial charge in [0.15, 0.2) is 0 Å². The number of amides is 1. The fraction of sp³-hybridized carbons (Fsp3) is 0.467. The van der Waals surface area contributed by atoms with Crippen LogP contribution in [-0.2, 0) is 16.0 Å². The number of carboxylic acid groups (broad SMARTS) is 1. The molecule has 4 heteroatoms. The van der Waals surface area contributed by atoms with E-state index >= 15 is 0 Å². The molecule has 0 aliphatic heterocycles. The number of aliphatic carboxylic acids is 1. The first-order valence-electron chi connectivity index (χ1n) is 6.46. The Balaban J connectivity index is 2.36. The van der Waals surface area contributed by atoms with Gasteiger partial charge in [-0.3, -0.25) is 9.59 Å². The molecule has 1 rings (SSSR count). The van der Waals surface area contributed by atoms with Crippen LogP contribution in [0, 0.1) is 0 Å². The van der Waals surface area contributed by atoms with Crippen molar-refractivity contribution in [2.75, 3.05) is 0 Å². The van der Waals surface area contributed by atoms with Gasteiger partial charge in [-0.2, -0.15) is 0 Å². The number of aryl methyl sites for hydroxylation is 1. The number of carbonyl (C=O) groups is 2. The highest BCUT2D eigenvalue weighted by atomic mass is 16.4. The summed E-state index contributed by atoms with van der Waals surface area (Å²) in [4.78, 5) is 22.3. The van der Waals surface area contributed by atoms with Gasteiger partial charge >= 0.3 is 5.97 Å². The maximum atomic E-state index is 11.8. The normalized spacial score (nSPS) is 11.1. The Morgan fingerprint density at radius 1 is 1.16 bits per heavy atom. The van der Waals surface area contributed by atoms with Crippen LogP contribution in [0.4, 0.5) is 0 Å². The highest BCUT2D eigenvalue weighted by Gasteiger charge is 2.21. The Labute approximate surface area is 113 Å². The maximum Gasteiger partial charge on any atom is 0.303 e. The molecule has 104 valence electrons. The minimum Gasteiger partial charge on any atom is -0.481 e. The number of rotatable bonds is 7. The monoisotopic (exact) mass is 263 g/mol. The van der Waals surface area contributed by atoms with Crippen molar-refractivity contribution < 1.29 is 14.7 Å². The quantitative estimate of drug-likeness (QED) is 0.793. The van der Waals surface area contributed by atoms with E-state index in [0.29, 0.717) is 19.3 Å². The van der Waals surface area contributed by atoms with Crippen LogP contribution in [0.25, 0.3) is 0 Å². The average molecular weight is 263 g/mol. The minimum atomic E-state index is -0.841. The van der Waals surface area contributed by atoms with Crippen LogP contribution in [0.15, 0.2) is 30.3 Å². The van der Waals surface area contributed by atoms with Crippen molar-refractivity contribution in [3.05, 3.63) is 35.9 Å². The zero-order chi connectivity index (χ0) is 14.3. The lowest BCUT2D eigenvalue weighted by Gasteiger charge is -2.25. The number of carbonyl (C=O) groups excluding carboxylic acids is 1. The van der Waals surface area contributed by atoms with E-state index in [0.717, 1.165) is 5.56 Å². The van der Waals surface area contributed by atoms with E-state index in [9.17, 15) is 9.59 Å². The van der Waals surface area contributed by atoms with Gasteiger partial charge in [0.1, 0.15) is 0 Å². The van der Waals surface area contributed by atoms with Gasteiger partial charge in [0.2, 0.25) is 5.91 Å². The predicted molar refractivity (Wildman–Crippen MR) is 73.9 cm³/mol. The topological polar surface area (TPSA) is 66.4 Å². The molecule has 0 saturated heterocycles. The van der Waals surface area contributed by atoms with E-state index in [1.54, 1.807) is 0 Å². The molecule has 0 spiro atoms. The molecule has 1 aromatic carbocycles. The van der Waals surface area contributed by atoms with E-state index < -0.39 is 11.5 Å². The summed E-state index contributed by atoms with van der Waals surface area (Å²) in [6.07, 6.45) is 1.60. The summed E-state index contributed by atoms with van der Waals surface area (Å²) in [5.74, 6) is -0.883. The molecule has 0 aromatic heterocycles. The largest absolute Gasteiger partial charge is 0.481 e. The van der Waals surface area contributed by atoms with Gasteiger partial charge < -0.3 is 10.4 Å². The first kappa shape index (κ1) is 15.2. The highest BCUT2D eigenvalue weighted by molar-refractivity contribution is 5.77. The lowest BCUT2D eigenvalue weighted by molar-refractivity contribution is -0.137. The van der Waals surface area contributed by atoms with Gasteiger partial charge in [0.25, 0.3) is 0 Å². The Morgan fingerprint density at radius 3 is 2.37 bits per heavy atom. The Kier molecular flexibility index (Phi) is 5.55. The molecule has 0 aliphatic carbocycles. The molecule has 0 fully saturated rings. The van der Waals surface area contributed by atoms with Crippen LogP contribution >= 0.6 is 0 Å². The predicted octanol–water partition coefficient (Wildman–Crippen LogP) is 2.38. The number of hydrogen-bond acceptors (Lipinski definition) is 2. The minimum absolute atomic E-state index is 0.0424. The summed E-state index contributed by atoms with van der Waals surface area (Å²) in [7, 11) is 0. The van der Waals surface area contributed by atoms with Crippen molar-refractivity contribution in [2.24, 2.45) is 0 Å². The van der Waals surface area contributed by atoms with Crippen molar-refractivity contribution in [3.63, 3.8) is 0 Å². The molecular weight excluding hydrogens is 242 g/mol. The molecule has 19 heavy (non-hydrogen) atoms. The van der Waals surface area contributed by atoms with Crippen molar-refractivity contribution in [1.82, 2.24) is 5.32 Å². The van der Waals surface area contributed by atoms with E-state index in [-0.39, 0.29) is 12.3 Å². The molecule has 0 bridgehead atoms. The summed E-state index contributed by atoms with van der Waals surface area (Å²) in [5.41, 5.74) is 0.646. The molecule has 0 atom stereocenters. The zero-order valence-corrected chi connectivity index (χ0v) is 11.5. The second kappa shape index (κ2) is 6.92. The average Bonchev–Trinajstić information content (AvgIpc) is 2.35. The van der Waals surface area contributed by atoms with E-state index in [2.05, 4.69) is 5.32 Å². The molecule has 1 amide bonds. The molecule has 0 aliphatic rings. The Morgan fingerprint density at radius 2 is 1.79 bits per heavy atom. The second-order valence-electron chi connectivity index (χ2n) is 5.31. The van der Waals surface area contributed by atoms with Gasteiger partial charge in [-0.25, -0.2) is 0 Å². The summed E-state index contributed by atoms with van der Waals surface area (Å²) >= 11 is 0. The van der Waals surface area contributed by atoms with Gasteiger partial charge in [-0.1, -0.05) is 30.3 Å². The molecular formula is C15H21NO3. The number of benzene rings is 1. The molecule has 0 heterocycles. The van der Waals surface area contributed by atoms with E-state index in [4.69, 9.17) is 5.11 Å². The SMILES string of the molecule is CC(C)(CCC(=O)O)NC(=O)CCc1ccccc1. The smallest absolute Gasteiger partial charge is 0.303 e. The Hall–Kier alpha value is -1.84. The third kappa shape index (κ3) is 6.60. The van der Waals surface area contributed by atoms with Crippen LogP contribution in [0.5, 0.6) is 0 Å². The van der Waals surface area contributed by atoms with Crippen LogP contribution in [0.1, 0.15) is 38.7 Å². The molecule has 0 unspecified atom stereocenters. The van der Waals surface area contributed by atoms with Crippen molar-refractivity contribution in [2.45, 2.75) is 45.1 Å². The standard InChI is InChI=1S/C15H21NO3/c1-15(2,11-10-14(18)19)16-13(17)9-8-12-6-4-3-5-7-12/h3-7H,8-11H2,1-2H3,(H,16,17)(H,18,19). The number of hydrogen-bond donors (Lipinski definition) is 2. The second-order valence-corrected chi connectivity index (χ2v) is 5.31. The Bertz CT molecular complexity index is 426. The van der Waals surface area contributed by atoms with Crippen LogP contribution in [0.2, 0.25) is 0 Å². The van der Waals surface area contributed by atoms with E-state index in [1.165, 1.54) is 0 Å². The fourth-order valence-corrected chi connectivity index (χ4v) is 1.82. The molecule has 2 N–H and O–H groups in total. The first-order valence-corrected chi connectivity index (χ1v) is 6.46. The van der Waals surface area contributed by atoms with E-state index in [1.807, 2.05) is 44.2 Å². The summed E-state index contributed by atoms with van der Waals surface area (Å²) in [6, 6.07) is 9.82. The highest BCUT2D eigenvalue weighted by Crippen LogP contribution is 2.12. The number of carboxylic acids is 1. The third-order valence-corrected chi connectivity index (χ3v) is 2.93. The zero-order valence-electron chi connectivity index (χ0n) is 11.5. The summed E-state index contributed by atoms with van der Waals surface area (Å²) in [6.45, 7) is 3.69. The lowest BCUT2D eigenvalue weighted by Crippen LogP contribution is -2.43. The third-order valence-electron chi connectivity index (χ3n) is 2.93.